The third-order valence-corrected chi connectivity index (χ3v) is 7.80. The van der Waals surface area contributed by atoms with Gasteiger partial charge in [-0.1, -0.05) is 51.5 Å². The minimum atomic E-state index is -4.42. The molecule has 1 heterocycles. The van der Waals surface area contributed by atoms with E-state index in [4.69, 9.17) is 0 Å². The van der Waals surface area contributed by atoms with Crippen LogP contribution >= 0.6 is 11.8 Å². The SMILES string of the molecule is C.CC(C)(C)C1CCC(N(Cc2ccc(C(=O)Nc3nn[nH]n3)cc2)C(=O)Nc2cccc(SC(F)(F)F)c2)CC1. The Morgan fingerprint density at radius 2 is 1.71 bits per heavy atom. The van der Waals surface area contributed by atoms with E-state index in [2.05, 4.69) is 52.0 Å². The predicted octanol–water partition coefficient (Wildman–Crippen LogP) is 7.34. The normalized spacial score (nSPS) is 17.3. The highest BCUT2D eigenvalue weighted by molar-refractivity contribution is 8.00. The number of nitrogens with zero attached hydrogens (tertiary/aromatic N) is 4. The van der Waals surface area contributed by atoms with Crippen LogP contribution in [0, 0.1) is 11.3 Å². The smallest absolute Gasteiger partial charge is 0.317 e. The molecule has 0 radical (unpaired) electrons. The number of carbonyl (C=O) groups excluding carboxylic acids is 2. The zero-order valence-electron chi connectivity index (χ0n) is 22.5. The number of hydrogen-bond acceptors (Lipinski definition) is 6. The first-order valence-electron chi connectivity index (χ1n) is 12.9. The van der Waals surface area contributed by atoms with Crippen LogP contribution in [0.5, 0.6) is 0 Å². The average Bonchev–Trinajstić information content (AvgIpc) is 3.39. The lowest BCUT2D eigenvalue weighted by atomic mass is 9.71. The standard InChI is InChI=1S/C27H32F3N7O2S.CH4/c1-26(2,3)19-11-13-21(14-12-19)37(25(39)31-20-5-4-6-22(15-20)40-27(28,29)30)16-17-7-9-18(10-8-17)23(38)32-24-33-35-36-34-24;/h4-10,15,19,21H,11-14,16H2,1-3H3,(H,31,39)(H2,32,33,34,35,36,38);1H4. The molecule has 3 N–H and O–H groups in total. The van der Waals surface area contributed by atoms with Crippen LogP contribution in [0.4, 0.5) is 29.6 Å². The van der Waals surface area contributed by atoms with Gasteiger partial charge in [-0.3, -0.25) is 10.1 Å². The molecule has 1 aliphatic rings. The number of aromatic amines is 1. The molecule has 1 fully saturated rings. The summed E-state index contributed by atoms with van der Waals surface area (Å²) < 4.78 is 38.6. The number of H-pyrrole nitrogens is 1. The molecule has 1 saturated carbocycles. The van der Waals surface area contributed by atoms with Gasteiger partial charge in [-0.2, -0.15) is 18.4 Å². The van der Waals surface area contributed by atoms with Gasteiger partial charge in [0, 0.05) is 28.7 Å². The zero-order valence-corrected chi connectivity index (χ0v) is 23.3. The largest absolute Gasteiger partial charge is 0.446 e. The Morgan fingerprint density at radius 1 is 1.02 bits per heavy atom. The highest BCUT2D eigenvalue weighted by atomic mass is 32.2. The number of urea groups is 1. The van der Waals surface area contributed by atoms with Crippen molar-refractivity contribution in [3.8, 4) is 0 Å². The third-order valence-electron chi connectivity index (χ3n) is 7.08. The Morgan fingerprint density at radius 3 is 2.29 bits per heavy atom. The number of benzene rings is 2. The van der Waals surface area contributed by atoms with Crippen molar-refractivity contribution in [2.75, 3.05) is 10.6 Å². The number of alkyl halides is 3. The van der Waals surface area contributed by atoms with Crippen LogP contribution in [-0.4, -0.2) is 49.0 Å². The van der Waals surface area contributed by atoms with E-state index in [1.165, 1.54) is 18.2 Å². The number of rotatable bonds is 7. The summed E-state index contributed by atoms with van der Waals surface area (Å²) >= 11 is -0.223. The Bertz CT molecular complexity index is 1290. The second-order valence-electron chi connectivity index (χ2n) is 10.9. The van der Waals surface area contributed by atoms with Gasteiger partial charge in [-0.15, -0.1) is 5.10 Å². The molecule has 0 unspecified atom stereocenters. The van der Waals surface area contributed by atoms with Crippen molar-refractivity contribution in [3.63, 3.8) is 0 Å². The molecule has 0 spiro atoms. The van der Waals surface area contributed by atoms with Crippen molar-refractivity contribution in [2.45, 2.75) is 76.9 Å². The summed E-state index contributed by atoms with van der Waals surface area (Å²) in [7, 11) is 0. The van der Waals surface area contributed by atoms with Crippen LogP contribution in [0.25, 0.3) is 0 Å². The lowest BCUT2D eigenvalue weighted by Crippen LogP contribution is -2.45. The number of aromatic nitrogens is 4. The van der Waals surface area contributed by atoms with Crippen LogP contribution in [-0.2, 0) is 6.54 Å². The monoisotopic (exact) mass is 591 g/mol. The van der Waals surface area contributed by atoms with Crippen molar-refractivity contribution in [2.24, 2.45) is 11.3 Å². The van der Waals surface area contributed by atoms with E-state index in [0.717, 1.165) is 31.2 Å². The zero-order chi connectivity index (χ0) is 28.9. The predicted molar refractivity (Wildman–Crippen MR) is 153 cm³/mol. The summed E-state index contributed by atoms with van der Waals surface area (Å²) in [4.78, 5) is 27.7. The highest BCUT2D eigenvalue weighted by Gasteiger charge is 2.34. The van der Waals surface area contributed by atoms with Gasteiger partial charge >= 0.3 is 11.5 Å². The fraction of sp³-hybridized carbons (Fsp3) is 0.464. The molecular formula is C28H36F3N7O2S. The Balaban J connectivity index is 0.00000462. The Hall–Kier alpha value is -3.61. The van der Waals surface area contributed by atoms with Gasteiger partial charge in [0.15, 0.2) is 0 Å². The maximum atomic E-state index is 13.5. The fourth-order valence-electron chi connectivity index (χ4n) is 4.93. The molecule has 0 aliphatic heterocycles. The first-order chi connectivity index (χ1) is 18.9. The van der Waals surface area contributed by atoms with Gasteiger partial charge in [0.25, 0.3) is 11.9 Å². The molecule has 3 aromatic rings. The molecule has 0 saturated heterocycles. The van der Waals surface area contributed by atoms with Crippen LogP contribution in [0.2, 0.25) is 0 Å². The fourth-order valence-corrected chi connectivity index (χ4v) is 5.53. The lowest BCUT2D eigenvalue weighted by molar-refractivity contribution is -0.0328. The Kier molecular flexibility index (Phi) is 10.4. The summed E-state index contributed by atoms with van der Waals surface area (Å²) in [6.07, 6.45) is 3.60. The summed E-state index contributed by atoms with van der Waals surface area (Å²) in [5, 5.41) is 18.4. The molecule has 2 aromatic carbocycles. The van der Waals surface area contributed by atoms with Gasteiger partial charge < -0.3 is 10.2 Å². The average molecular weight is 592 g/mol. The number of tetrazole rings is 1. The summed E-state index contributed by atoms with van der Waals surface area (Å²) in [6.45, 7) is 6.96. The number of nitrogens with one attached hydrogen (secondary N) is 3. The van der Waals surface area contributed by atoms with Crippen molar-refractivity contribution in [1.82, 2.24) is 25.5 Å². The van der Waals surface area contributed by atoms with Gasteiger partial charge in [0.1, 0.15) is 0 Å². The molecular weight excluding hydrogens is 555 g/mol. The highest BCUT2D eigenvalue weighted by Crippen LogP contribution is 2.40. The molecule has 222 valence electrons. The molecule has 41 heavy (non-hydrogen) atoms. The Labute approximate surface area is 242 Å². The quantitative estimate of drug-likeness (QED) is 0.248. The van der Waals surface area contributed by atoms with Gasteiger partial charge in [0.2, 0.25) is 0 Å². The third kappa shape index (κ3) is 9.20. The van der Waals surface area contributed by atoms with E-state index >= 15 is 0 Å². The van der Waals surface area contributed by atoms with Crippen LogP contribution in [0.3, 0.4) is 0 Å². The van der Waals surface area contributed by atoms with E-state index in [0.29, 0.717) is 17.2 Å². The second kappa shape index (κ2) is 13.4. The molecule has 4 rings (SSSR count). The van der Waals surface area contributed by atoms with E-state index in [1.807, 2.05) is 0 Å². The van der Waals surface area contributed by atoms with Crippen LogP contribution < -0.4 is 10.6 Å². The molecule has 0 bridgehead atoms. The van der Waals surface area contributed by atoms with E-state index in [9.17, 15) is 22.8 Å². The molecule has 9 nitrogen and oxygen atoms in total. The van der Waals surface area contributed by atoms with Crippen molar-refractivity contribution >= 4 is 35.3 Å². The van der Waals surface area contributed by atoms with Crippen LogP contribution in [0.15, 0.2) is 53.4 Å². The number of anilines is 2. The molecule has 3 amide bonds. The number of hydrogen-bond donors (Lipinski definition) is 3. The van der Waals surface area contributed by atoms with E-state index in [1.54, 1.807) is 35.2 Å². The second-order valence-corrected chi connectivity index (χ2v) is 12.0. The number of amides is 3. The van der Waals surface area contributed by atoms with Gasteiger partial charge in [-0.25, -0.2) is 4.79 Å². The lowest BCUT2D eigenvalue weighted by Gasteiger charge is -2.41. The van der Waals surface area contributed by atoms with Gasteiger partial charge in [-0.05, 0) is 89.9 Å². The first kappa shape index (κ1) is 31.9. The molecule has 1 aromatic heterocycles. The summed E-state index contributed by atoms with van der Waals surface area (Å²) in [5.74, 6) is 0.196. The van der Waals surface area contributed by atoms with Gasteiger partial charge in [0.05, 0.1) is 0 Å². The first-order valence-corrected chi connectivity index (χ1v) is 13.8. The van der Waals surface area contributed by atoms with Crippen molar-refractivity contribution in [3.05, 3.63) is 59.7 Å². The van der Waals surface area contributed by atoms with Crippen molar-refractivity contribution < 1.29 is 22.8 Å². The minimum Gasteiger partial charge on any atom is -0.317 e. The summed E-state index contributed by atoms with van der Waals surface area (Å²) in [5.41, 5.74) is -2.76. The van der Waals surface area contributed by atoms with E-state index < -0.39 is 11.4 Å². The maximum Gasteiger partial charge on any atom is 0.446 e. The molecule has 0 atom stereocenters. The number of thioether (sulfide) groups is 1. The molecule has 1 aliphatic carbocycles. The summed E-state index contributed by atoms with van der Waals surface area (Å²) in [6, 6.07) is 12.2. The molecule has 13 heteroatoms. The van der Waals surface area contributed by atoms with E-state index in [-0.39, 0.29) is 54.1 Å². The topological polar surface area (TPSA) is 116 Å². The maximum absolute atomic E-state index is 13.5. The number of halogens is 3. The minimum absolute atomic E-state index is 0. The van der Waals surface area contributed by atoms with Crippen LogP contribution in [0.1, 0.15) is 69.8 Å². The van der Waals surface area contributed by atoms with Crippen molar-refractivity contribution in [1.29, 1.82) is 0 Å². The number of carbonyl (C=O) groups is 2.